The quantitative estimate of drug-likeness (QED) is 0.748. The number of rotatable bonds is 4. The average Bonchev–Trinajstić information content (AvgIpc) is 3.11. The van der Waals surface area contributed by atoms with Gasteiger partial charge in [-0.05, 0) is 61.4 Å². The van der Waals surface area contributed by atoms with Crippen molar-refractivity contribution in [1.82, 2.24) is 9.97 Å². The van der Waals surface area contributed by atoms with E-state index in [1.807, 2.05) is 12.1 Å². The highest BCUT2D eigenvalue weighted by Crippen LogP contribution is 2.34. The molecule has 4 rings (SSSR count). The molecule has 0 spiro atoms. The number of aryl methyl sites for hydroxylation is 1. The molecule has 1 amide bonds. The second-order valence-electron chi connectivity index (χ2n) is 6.49. The van der Waals surface area contributed by atoms with Crippen LogP contribution in [0, 0.1) is 0 Å². The number of carbonyl (C=O) groups is 2. The van der Waals surface area contributed by atoms with Gasteiger partial charge in [-0.25, -0.2) is 4.98 Å². The Morgan fingerprint density at radius 1 is 1.32 bits per heavy atom. The summed E-state index contributed by atoms with van der Waals surface area (Å²) in [6, 6.07) is 3.67. The first-order chi connectivity index (χ1) is 12.1. The number of aliphatic carboxylic acids is 1. The molecule has 1 aliphatic heterocycles. The highest BCUT2D eigenvalue weighted by molar-refractivity contribution is 6.34. The Morgan fingerprint density at radius 3 is 3.00 bits per heavy atom. The highest BCUT2D eigenvalue weighted by Gasteiger charge is 2.26. The van der Waals surface area contributed by atoms with Crippen molar-refractivity contribution in [3.05, 3.63) is 46.4 Å². The summed E-state index contributed by atoms with van der Waals surface area (Å²) < 4.78 is 0. The minimum atomic E-state index is -0.808. The van der Waals surface area contributed by atoms with E-state index in [0.29, 0.717) is 17.8 Å². The van der Waals surface area contributed by atoms with Crippen LogP contribution >= 0.6 is 0 Å². The fourth-order valence-electron chi connectivity index (χ4n) is 3.72. The van der Waals surface area contributed by atoms with Gasteiger partial charge in [-0.3, -0.25) is 9.59 Å². The summed E-state index contributed by atoms with van der Waals surface area (Å²) in [7, 11) is 0. The van der Waals surface area contributed by atoms with E-state index in [0.717, 1.165) is 42.5 Å². The van der Waals surface area contributed by atoms with Crippen LogP contribution in [0.3, 0.4) is 0 Å². The van der Waals surface area contributed by atoms with Gasteiger partial charge in [0.05, 0.1) is 5.57 Å². The van der Waals surface area contributed by atoms with Gasteiger partial charge in [0.2, 0.25) is 0 Å². The molecule has 6 heteroatoms. The molecule has 0 aromatic carbocycles. The van der Waals surface area contributed by atoms with Crippen molar-refractivity contribution in [2.24, 2.45) is 0 Å². The molecule has 0 atom stereocenters. The lowest BCUT2D eigenvalue weighted by molar-refractivity contribution is -0.137. The number of H-pyrrole nitrogens is 1. The van der Waals surface area contributed by atoms with E-state index >= 15 is 0 Å². The Kier molecular flexibility index (Phi) is 3.87. The number of hydrogen-bond donors (Lipinski definition) is 3. The van der Waals surface area contributed by atoms with Gasteiger partial charge in [-0.2, -0.15) is 0 Å². The van der Waals surface area contributed by atoms with Crippen LogP contribution in [0.15, 0.2) is 18.3 Å². The first kappa shape index (κ1) is 15.6. The summed E-state index contributed by atoms with van der Waals surface area (Å²) in [5, 5.41) is 11.8. The van der Waals surface area contributed by atoms with E-state index < -0.39 is 5.97 Å². The molecule has 2 aromatic heterocycles. The number of pyridine rings is 1. The Bertz CT molecular complexity index is 895. The first-order valence-electron chi connectivity index (χ1n) is 8.56. The number of carboxylic acids is 1. The molecule has 2 aromatic rings. The van der Waals surface area contributed by atoms with Crippen molar-refractivity contribution < 1.29 is 14.7 Å². The van der Waals surface area contributed by atoms with Gasteiger partial charge < -0.3 is 15.4 Å². The van der Waals surface area contributed by atoms with E-state index in [1.54, 1.807) is 12.3 Å². The summed E-state index contributed by atoms with van der Waals surface area (Å²) in [4.78, 5) is 31.0. The summed E-state index contributed by atoms with van der Waals surface area (Å²) in [5.74, 6) is -0.412. The van der Waals surface area contributed by atoms with Crippen molar-refractivity contribution in [2.75, 3.05) is 5.32 Å². The number of amides is 1. The summed E-state index contributed by atoms with van der Waals surface area (Å²) in [6.07, 6.45) is 8.25. The Balaban J connectivity index is 1.78. The van der Waals surface area contributed by atoms with Crippen molar-refractivity contribution >= 4 is 29.3 Å². The minimum Gasteiger partial charge on any atom is -0.481 e. The van der Waals surface area contributed by atoms with Crippen LogP contribution in [0.25, 0.3) is 11.6 Å². The maximum absolute atomic E-state index is 12.3. The molecule has 25 heavy (non-hydrogen) atoms. The third-order valence-corrected chi connectivity index (χ3v) is 4.89. The van der Waals surface area contributed by atoms with Gasteiger partial charge >= 0.3 is 5.97 Å². The zero-order valence-electron chi connectivity index (χ0n) is 13.8. The number of nitrogens with one attached hydrogen (secondary N) is 2. The van der Waals surface area contributed by atoms with Gasteiger partial charge in [0.15, 0.2) is 0 Å². The molecular formula is C19H19N3O3. The lowest BCUT2D eigenvalue weighted by atomic mass is 9.92. The normalized spacial score (nSPS) is 17.3. The molecular weight excluding hydrogens is 318 g/mol. The number of hydrogen-bond acceptors (Lipinski definition) is 3. The molecule has 0 bridgehead atoms. The SMILES string of the molecule is O=C(O)CCc1c(C=C2C(=O)Nc3ncccc32)[nH]c2c1CCCC2. The number of aromatic amines is 1. The zero-order valence-corrected chi connectivity index (χ0v) is 13.8. The standard InChI is InChI=1S/C19H19N3O3/c23-17(24)8-7-12-11-4-1-2-6-15(11)21-16(12)10-14-13-5-3-9-20-18(13)22-19(14)25/h3,5,9-10,21H,1-2,4,6-8H2,(H,23,24)(H,20,22,25). The Labute approximate surface area is 145 Å². The Morgan fingerprint density at radius 2 is 2.16 bits per heavy atom. The summed E-state index contributed by atoms with van der Waals surface area (Å²) >= 11 is 0. The zero-order chi connectivity index (χ0) is 17.4. The second kappa shape index (κ2) is 6.20. The predicted octanol–water partition coefficient (Wildman–Crippen LogP) is 2.80. The van der Waals surface area contributed by atoms with Gasteiger partial charge in [0.1, 0.15) is 5.82 Å². The number of fused-ring (bicyclic) bond motifs is 2. The molecule has 1 aliphatic carbocycles. The fourth-order valence-corrected chi connectivity index (χ4v) is 3.72. The van der Waals surface area contributed by atoms with Gasteiger partial charge in [-0.1, -0.05) is 0 Å². The van der Waals surface area contributed by atoms with E-state index in [-0.39, 0.29) is 12.3 Å². The van der Waals surface area contributed by atoms with Gasteiger partial charge in [0, 0.05) is 29.6 Å². The summed E-state index contributed by atoms with van der Waals surface area (Å²) in [6.45, 7) is 0. The number of carboxylic acid groups (broad SMARTS) is 1. The largest absolute Gasteiger partial charge is 0.481 e. The highest BCUT2D eigenvalue weighted by atomic mass is 16.4. The number of aromatic nitrogens is 2. The van der Waals surface area contributed by atoms with Crippen LogP contribution < -0.4 is 5.32 Å². The molecule has 3 heterocycles. The number of nitrogens with zero attached hydrogens (tertiary/aromatic N) is 1. The van der Waals surface area contributed by atoms with Gasteiger partial charge in [0.25, 0.3) is 5.91 Å². The first-order valence-corrected chi connectivity index (χ1v) is 8.56. The van der Waals surface area contributed by atoms with E-state index in [2.05, 4.69) is 15.3 Å². The van der Waals surface area contributed by atoms with Crippen molar-refractivity contribution in [3.63, 3.8) is 0 Å². The van der Waals surface area contributed by atoms with E-state index in [1.165, 1.54) is 11.3 Å². The monoisotopic (exact) mass is 337 g/mol. The number of anilines is 1. The smallest absolute Gasteiger partial charge is 0.303 e. The molecule has 0 unspecified atom stereocenters. The molecule has 6 nitrogen and oxygen atoms in total. The molecule has 0 fully saturated rings. The van der Waals surface area contributed by atoms with Crippen molar-refractivity contribution in [2.45, 2.75) is 38.5 Å². The molecule has 3 N–H and O–H groups in total. The Hall–Kier alpha value is -2.89. The van der Waals surface area contributed by atoms with Crippen molar-refractivity contribution in [1.29, 1.82) is 0 Å². The summed E-state index contributed by atoms with van der Waals surface area (Å²) in [5.41, 5.74) is 5.67. The van der Waals surface area contributed by atoms with Crippen LogP contribution in [0.1, 0.15) is 47.3 Å². The van der Waals surface area contributed by atoms with Crippen molar-refractivity contribution in [3.8, 4) is 0 Å². The van der Waals surface area contributed by atoms with Crippen LogP contribution in [0.5, 0.6) is 0 Å². The molecule has 0 saturated carbocycles. The van der Waals surface area contributed by atoms with E-state index in [9.17, 15) is 9.59 Å². The molecule has 0 saturated heterocycles. The average molecular weight is 337 g/mol. The third-order valence-electron chi connectivity index (χ3n) is 4.89. The maximum Gasteiger partial charge on any atom is 0.303 e. The number of carbonyl (C=O) groups excluding carboxylic acids is 1. The van der Waals surface area contributed by atoms with Gasteiger partial charge in [-0.15, -0.1) is 0 Å². The maximum atomic E-state index is 12.3. The topological polar surface area (TPSA) is 95.1 Å². The molecule has 2 aliphatic rings. The minimum absolute atomic E-state index is 0.0881. The van der Waals surface area contributed by atoms with E-state index in [4.69, 9.17) is 5.11 Å². The fraction of sp³-hybridized carbons (Fsp3) is 0.316. The molecule has 128 valence electrons. The molecule has 0 radical (unpaired) electrons. The third kappa shape index (κ3) is 2.84. The second-order valence-corrected chi connectivity index (χ2v) is 6.49. The van der Waals surface area contributed by atoms with Crippen LogP contribution in [-0.4, -0.2) is 27.0 Å². The predicted molar refractivity (Wildman–Crippen MR) is 94.1 cm³/mol. The van der Waals surface area contributed by atoms with Crippen LogP contribution in [0.4, 0.5) is 5.82 Å². The van der Waals surface area contributed by atoms with Crippen LogP contribution in [0.2, 0.25) is 0 Å². The van der Waals surface area contributed by atoms with Crippen LogP contribution in [-0.2, 0) is 28.9 Å². The lowest BCUT2D eigenvalue weighted by Crippen LogP contribution is -2.05. The lowest BCUT2D eigenvalue weighted by Gasteiger charge is -2.12.